The van der Waals surface area contributed by atoms with Crippen molar-refractivity contribution < 1.29 is 14.3 Å². The summed E-state index contributed by atoms with van der Waals surface area (Å²) >= 11 is 0. The molecule has 5 nitrogen and oxygen atoms in total. The monoisotopic (exact) mass is 218 g/mol. The van der Waals surface area contributed by atoms with Gasteiger partial charge in [0.05, 0.1) is 12.7 Å². The summed E-state index contributed by atoms with van der Waals surface area (Å²) in [5.41, 5.74) is 0.819. The molecule has 0 heterocycles. The summed E-state index contributed by atoms with van der Waals surface area (Å²) in [6.45, 7) is 6.30. The van der Waals surface area contributed by atoms with Crippen LogP contribution < -0.4 is 5.32 Å². The topological polar surface area (TPSA) is 59.8 Å². The number of hydrogen-bond acceptors (Lipinski definition) is 3. The van der Waals surface area contributed by atoms with E-state index in [1.807, 2.05) is 0 Å². The number of nitrogens with zero attached hydrogens (tertiary/aromatic N) is 1. The maximum Gasteiger partial charge on any atom is 0.337 e. The fraction of sp³-hybridized carbons (Fsp3) is 0.182. The Balaban J connectivity index is 2.79. The van der Waals surface area contributed by atoms with Crippen LogP contribution in [0.4, 0.5) is 5.69 Å². The van der Waals surface area contributed by atoms with Crippen molar-refractivity contribution >= 4 is 17.6 Å². The minimum atomic E-state index is -0.471. The molecular weight excluding hydrogens is 208 g/mol. The third-order valence-corrected chi connectivity index (χ3v) is 1.79. The van der Waals surface area contributed by atoms with Crippen LogP contribution in [-0.2, 0) is 9.53 Å². The summed E-state index contributed by atoms with van der Waals surface area (Å²) in [6.07, 6.45) is 0. The molecule has 0 aliphatic heterocycles. The lowest BCUT2D eigenvalue weighted by Gasteiger charge is -2.03. The zero-order chi connectivity index (χ0) is 12.0. The first-order chi connectivity index (χ1) is 7.67. The quantitative estimate of drug-likeness (QED) is 0.615. The van der Waals surface area contributed by atoms with Crippen LogP contribution in [0.15, 0.2) is 24.3 Å². The lowest BCUT2D eigenvalue weighted by molar-refractivity contribution is -0.114. The molecule has 0 saturated carbocycles. The number of carbonyl (C=O) groups excluding carboxylic acids is 2. The molecule has 0 aliphatic rings. The number of ether oxygens (including phenoxy) is 1. The van der Waals surface area contributed by atoms with Crippen molar-refractivity contribution in [1.29, 1.82) is 0 Å². The van der Waals surface area contributed by atoms with E-state index in [-0.39, 0.29) is 6.54 Å². The van der Waals surface area contributed by atoms with E-state index in [9.17, 15) is 9.59 Å². The van der Waals surface area contributed by atoms with Crippen molar-refractivity contribution in [3.05, 3.63) is 41.2 Å². The van der Waals surface area contributed by atoms with E-state index < -0.39 is 11.9 Å². The fourth-order valence-corrected chi connectivity index (χ4v) is 1.11. The lowest BCUT2D eigenvalue weighted by atomic mass is 10.2. The van der Waals surface area contributed by atoms with Crippen LogP contribution in [0.1, 0.15) is 10.4 Å². The van der Waals surface area contributed by atoms with Gasteiger partial charge < -0.3 is 14.9 Å². The highest BCUT2D eigenvalue weighted by atomic mass is 16.5. The summed E-state index contributed by atoms with van der Waals surface area (Å²) in [7, 11) is 1.28. The lowest BCUT2D eigenvalue weighted by Crippen LogP contribution is -2.14. The van der Waals surface area contributed by atoms with Gasteiger partial charge in [-0.05, 0) is 18.2 Å². The number of anilines is 1. The molecule has 1 amide bonds. The third kappa shape index (κ3) is 3.10. The van der Waals surface area contributed by atoms with Gasteiger partial charge in [-0.25, -0.2) is 11.4 Å². The molecule has 0 aromatic heterocycles. The van der Waals surface area contributed by atoms with E-state index in [4.69, 9.17) is 6.57 Å². The molecule has 0 radical (unpaired) electrons. The average molecular weight is 218 g/mol. The van der Waals surface area contributed by atoms with Gasteiger partial charge in [-0.2, -0.15) is 0 Å². The SMILES string of the molecule is [C-]#[N+]CC(=O)Nc1cccc(C(=O)OC)c1. The molecule has 16 heavy (non-hydrogen) atoms. The van der Waals surface area contributed by atoms with E-state index in [0.29, 0.717) is 11.3 Å². The van der Waals surface area contributed by atoms with Crippen molar-refractivity contribution in [3.63, 3.8) is 0 Å². The normalized spacial score (nSPS) is 9.00. The van der Waals surface area contributed by atoms with Gasteiger partial charge in [-0.15, -0.1) is 0 Å². The van der Waals surface area contributed by atoms with E-state index in [2.05, 4.69) is 14.9 Å². The predicted molar refractivity (Wildman–Crippen MR) is 57.9 cm³/mol. The number of esters is 1. The molecule has 0 spiro atoms. The van der Waals surface area contributed by atoms with Crippen LogP contribution in [0, 0.1) is 6.57 Å². The number of hydrogen-bond donors (Lipinski definition) is 1. The van der Waals surface area contributed by atoms with E-state index in [1.54, 1.807) is 18.2 Å². The number of carbonyl (C=O) groups is 2. The van der Waals surface area contributed by atoms with Crippen LogP contribution >= 0.6 is 0 Å². The van der Waals surface area contributed by atoms with Gasteiger partial charge in [-0.1, -0.05) is 6.07 Å². The molecule has 5 heteroatoms. The first-order valence-corrected chi connectivity index (χ1v) is 4.49. The molecule has 1 aromatic rings. The molecule has 1 rings (SSSR count). The molecule has 0 saturated heterocycles. The maximum atomic E-state index is 11.2. The largest absolute Gasteiger partial charge is 0.465 e. The zero-order valence-corrected chi connectivity index (χ0v) is 8.69. The molecule has 0 unspecified atom stereocenters. The van der Waals surface area contributed by atoms with Gasteiger partial charge in [0.25, 0.3) is 6.54 Å². The molecule has 0 atom stereocenters. The Hall–Kier alpha value is -2.35. The van der Waals surface area contributed by atoms with Gasteiger partial charge in [0.2, 0.25) is 0 Å². The summed E-state index contributed by atoms with van der Waals surface area (Å²) in [5.74, 6) is -0.877. The second-order valence-corrected chi connectivity index (χ2v) is 2.94. The van der Waals surface area contributed by atoms with Gasteiger partial charge in [0.1, 0.15) is 0 Å². The fourth-order valence-electron chi connectivity index (χ4n) is 1.11. The van der Waals surface area contributed by atoms with E-state index in [1.165, 1.54) is 13.2 Å². The molecule has 82 valence electrons. The van der Waals surface area contributed by atoms with Crippen molar-refractivity contribution in [2.45, 2.75) is 0 Å². The zero-order valence-electron chi connectivity index (χ0n) is 8.69. The van der Waals surface area contributed by atoms with Crippen LogP contribution in [0.5, 0.6) is 0 Å². The number of rotatable bonds is 3. The summed E-state index contributed by atoms with van der Waals surface area (Å²) in [6, 6.07) is 6.33. The highest BCUT2D eigenvalue weighted by Crippen LogP contribution is 2.11. The Morgan fingerprint density at radius 3 is 2.88 bits per heavy atom. The molecule has 1 N–H and O–H groups in total. The van der Waals surface area contributed by atoms with E-state index in [0.717, 1.165) is 0 Å². The second kappa shape index (κ2) is 5.51. The van der Waals surface area contributed by atoms with Crippen LogP contribution in [0.3, 0.4) is 0 Å². The second-order valence-electron chi connectivity index (χ2n) is 2.94. The van der Waals surface area contributed by atoms with Crippen LogP contribution in [-0.4, -0.2) is 25.5 Å². The summed E-state index contributed by atoms with van der Waals surface area (Å²) < 4.78 is 4.54. The molecule has 0 bridgehead atoms. The average Bonchev–Trinajstić information content (AvgIpc) is 2.28. The molecule has 0 aliphatic carbocycles. The molecule has 0 fully saturated rings. The minimum Gasteiger partial charge on any atom is -0.465 e. The Labute approximate surface area is 92.8 Å². The highest BCUT2D eigenvalue weighted by Gasteiger charge is 2.08. The third-order valence-electron chi connectivity index (χ3n) is 1.79. The number of nitrogens with one attached hydrogen (secondary N) is 1. The minimum absolute atomic E-state index is 0.234. The highest BCUT2D eigenvalue weighted by molar-refractivity contribution is 5.95. The summed E-state index contributed by atoms with van der Waals surface area (Å²) in [4.78, 5) is 25.3. The number of benzene rings is 1. The Bertz CT molecular complexity index is 449. The first-order valence-electron chi connectivity index (χ1n) is 4.49. The molecule has 1 aromatic carbocycles. The Morgan fingerprint density at radius 2 is 2.25 bits per heavy atom. The molecular formula is C11H10N2O3. The van der Waals surface area contributed by atoms with Gasteiger partial charge in [0.15, 0.2) is 0 Å². The van der Waals surface area contributed by atoms with Crippen molar-refractivity contribution in [2.24, 2.45) is 0 Å². The van der Waals surface area contributed by atoms with Crippen molar-refractivity contribution in [2.75, 3.05) is 19.0 Å². The maximum absolute atomic E-state index is 11.2. The van der Waals surface area contributed by atoms with E-state index >= 15 is 0 Å². The number of amides is 1. The number of methoxy groups -OCH3 is 1. The predicted octanol–water partition coefficient (Wildman–Crippen LogP) is 1.33. The van der Waals surface area contributed by atoms with Crippen molar-refractivity contribution in [1.82, 2.24) is 0 Å². The van der Waals surface area contributed by atoms with Gasteiger partial charge in [-0.3, -0.25) is 4.79 Å². The Kier molecular flexibility index (Phi) is 4.04. The van der Waals surface area contributed by atoms with Gasteiger partial charge in [0, 0.05) is 5.69 Å². The Morgan fingerprint density at radius 1 is 1.50 bits per heavy atom. The van der Waals surface area contributed by atoms with Gasteiger partial charge >= 0.3 is 11.9 Å². The smallest absolute Gasteiger partial charge is 0.337 e. The first kappa shape index (κ1) is 11.7. The summed E-state index contributed by atoms with van der Waals surface area (Å²) in [5, 5.41) is 2.50. The van der Waals surface area contributed by atoms with Crippen LogP contribution in [0.25, 0.3) is 4.85 Å². The standard InChI is InChI=1S/C11H10N2O3/c1-12-7-10(14)13-9-5-3-4-8(6-9)11(15)16-2/h3-6H,7H2,2H3,(H,13,14). The van der Waals surface area contributed by atoms with Crippen molar-refractivity contribution in [3.8, 4) is 0 Å². The van der Waals surface area contributed by atoms with Crippen LogP contribution in [0.2, 0.25) is 0 Å².